The highest BCUT2D eigenvalue weighted by Crippen LogP contribution is 2.23. The van der Waals surface area contributed by atoms with Crippen molar-refractivity contribution in [2.45, 2.75) is 25.6 Å². The van der Waals surface area contributed by atoms with Crippen molar-refractivity contribution >= 4 is 11.9 Å². The molecule has 2 rings (SSSR count). The maximum absolute atomic E-state index is 12.2. The Morgan fingerprint density at radius 1 is 1.26 bits per heavy atom. The Morgan fingerprint density at radius 2 is 1.89 bits per heavy atom. The Hall–Kier alpha value is -2.45. The first-order valence-corrected chi connectivity index (χ1v) is 8.70. The molecule has 1 heterocycles. The molecule has 0 atom stereocenters. The lowest BCUT2D eigenvalue weighted by Gasteiger charge is -2.33. The Labute approximate surface area is 156 Å². The first-order chi connectivity index (χ1) is 12.8. The molecule has 1 saturated heterocycles. The number of benzene rings is 1. The van der Waals surface area contributed by atoms with Crippen LogP contribution in [0.2, 0.25) is 0 Å². The zero-order chi connectivity index (χ0) is 19.9. The van der Waals surface area contributed by atoms with Gasteiger partial charge in [0.15, 0.2) is 5.96 Å². The monoisotopic (exact) mass is 387 g/mol. The van der Waals surface area contributed by atoms with Gasteiger partial charge in [0.2, 0.25) is 0 Å². The van der Waals surface area contributed by atoms with Gasteiger partial charge in [-0.1, -0.05) is 12.1 Å². The summed E-state index contributed by atoms with van der Waals surface area (Å²) in [6, 6.07) is 5.81. The quantitative estimate of drug-likeness (QED) is 0.478. The van der Waals surface area contributed by atoms with Crippen LogP contribution in [-0.4, -0.2) is 57.0 Å². The van der Waals surface area contributed by atoms with Gasteiger partial charge in [0.05, 0.1) is 13.0 Å². The van der Waals surface area contributed by atoms with Crippen LogP contribution in [0, 0.1) is 5.92 Å². The third-order valence-corrected chi connectivity index (χ3v) is 4.39. The number of carbonyl (C=O) groups is 1. The Kier molecular flexibility index (Phi) is 7.32. The van der Waals surface area contributed by atoms with E-state index in [0.717, 1.165) is 11.5 Å². The van der Waals surface area contributed by atoms with Gasteiger partial charge in [-0.2, -0.15) is 0 Å². The summed E-state index contributed by atoms with van der Waals surface area (Å²) in [5.74, 6) is 0.274. The van der Waals surface area contributed by atoms with Gasteiger partial charge in [-0.3, -0.25) is 9.79 Å². The summed E-state index contributed by atoms with van der Waals surface area (Å²) < 4.78 is 45.1. The van der Waals surface area contributed by atoms with Crippen molar-refractivity contribution in [2.75, 3.05) is 33.8 Å². The van der Waals surface area contributed by atoms with Crippen molar-refractivity contribution < 1.29 is 27.4 Å². The van der Waals surface area contributed by atoms with E-state index in [-0.39, 0.29) is 17.6 Å². The largest absolute Gasteiger partial charge is 0.573 e. The van der Waals surface area contributed by atoms with Gasteiger partial charge < -0.3 is 19.7 Å². The van der Waals surface area contributed by atoms with Gasteiger partial charge in [0, 0.05) is 26.7 Å². The van der Waals surface area contributed by atoms with Crippen LogP contribution in [-0.2, 0) is 16.0 Å². The van der Waals surface area contributed by atoms with Crippen LogP contribution < -0.4 is 10.1 Å². The van der Waals surface area contributed by atoms with E-state index in [1.165, 1.54) is 19.2 Å². The third-order valence-electron chi connectivity index (χ3n) is 4.39. The molecule has 0 radical (unpaired) electrons. The number of esters is 1. The maximum atomic E-state index is 12.2. The van der Waals surface area contributed by atoms with E-state index in [1.807, 2.05) is 0 Å². The average Bonchev–Trinajstić information content (AvgIpc) is 2.65. The molecule has 0 unspecified atom stereocenters. The van der Waals surface area contributed by atoms with E-state index >= 15 is 0 Å². The van der Waals surface area contributed by atoms with E-state index in [9.17, 15) is 18.0 Å². The molecule has 9 heteroatoms. The number of likely N-dealkylation sites (tertiary alicyclic amines) is 1. The molecule has 1 aliphatic rings. The number of aliphatic imine (C=N–C) groups is 1. The van der Waals surface area contributed by atoms with Gasteiger partial charge in [-0.25, -0.2) is 0 Å². The first-order valence-electron chi connectivity index (χ1n) is 8.70. The van der Waals surface area contributed by atoms with Gasteiger partial charge in [0.1, 0.15) is 5.75 Å². The molecule has 0 aromatic heterocycles. The first kappa shape index (κ1) is 20.9. The van der Waals surface area contributed by atoms with Crippen LogP contribution in [0.4, 0.5) is 13.2 Å². The fourth-order valence-corrected chi connectivity index (χ4v) is 3.00. The van der Waals surface area contributed by atoms with E-state index in [4.69, 9.17) is 4.74 Å². The second-order valence-electron chi connectivity index (χ2n) is 6.20. The molecule has 0 spiro atoms. The van der Waals surface area contributed by atoms with Crippen LogP contribution in [0.1, 0.15) is 18.4 Å². The molecule has 27 heavy (non-hydrogen) atoms. The van der Waals surface area contributed by atoms with Crippen LogP contribution in [0.5, 0.6) is 5.75 Å². The number of piperidine rings is 1. The van der Waals surface area contributed by atoms with Gasteiger partial charge in [-0.05, 0) is 37.0 Å². The number of ether oxygens (including phenoxy) is 2. The standard InChI is InChI=1S/C18H24F3N3O3/c1-22-17(24-11-8-14(9-12-24)16(25)26-2)23-10-7-13-3-5-15(6-4-13)27-18(19,20)21/h3-6,14H,7-12H2,1-2H3,(H,22,23). The minimum atomic E-state index is -4.68. The number of methoxy groups -OCH3 is 1. The summed E-state index contributed by atoms with van der Waals surface area (Å²) in [5, 5.41) is 3.25. The van der Waals surface area contributed by atoms with Crippen molar-refractivity contribution in [3.63, 3.8) is 0 Å². The van der Waals surface area contributed by atoms with E-state index in [1.54, 1.807) is 19.2 Å². The molecule has 0 aliphatic carbocycles. The molecule has 1 aliphatic heterocycles. The molecule has 1 aromatic rings. The predicted octanol–water partition coefficient (Wildman–Crippen LogP) is 2.59. The lowest BCUT2D eigenvalue weighted by molar-refractivity contribution is -0.274. The van der Waals surface area contributed by atoms with Crippen molar-refractivity contribution in [3.05, 3.63) is 29.8 Å². The minimum absolute atomic E-state index is 0.0678. The van der Waals surface area contributed by atoms with Crippen molar-refractivity contribution in [1.82, 2.24) is 10.2 Å². The number of guanidine groups is 1. The van der Waals surface area contributed by atoms with Crippen molar-refractivity contribution in [3.8, 4) is 5.75 Å². The summed E-state index contributed by atoms with van der Waals surface area (Å²) in [7, 11) is 3.09. The Bertz CT molecular complexity index is 639. The number of rotatable bonds is 5. The molecular formula is C18H24F3N3O3. The van der Waals surface area contributed by atoms with Crippen LogP contribution in [0.15, 0.2) is 29.3 Å². The van der Waals surface area contributed by atoms with Gasteiger partial charge in [0.25, 0.3) is 0 Å². The summed E-state index contributed by atoms with van der Waals surface area (Å²) in [5.41, 5.74) is 0.886. The minimum Gasteiger partial charge on any atom is -0.469 e. The Balaban J connectivity index is 1.77. The van der Waals surface area contributed by atoms with Crippen LogP contribution >= 0.6 is 0 Å². The zero-order valence-corrected chi connectivity index (χ0v) is 15.4. The number of carbonyl (C=O) groups excluding carboxylic acids is 1. The zero-order valence-electron chi connectivity index (χ0n) is 15.4. The van der Waals surface area contributed by atoms with E-state index in [2.05, 4.69) is 19.9 Å². The summed E-state index contributed by atoms with van der Waals surface area (Å²) in [6.07, 6.45) is -2.62. The number of alkyl halides is 3. The molecule has 150 valence electrons. The summed E-state index contributed by atoms with van der Waals surface area (Å²) in [4.78, 5) is 17.9. The second-order valence-corrected chi connectivity index (χ2v) is 6.20. The molecule has 0 amide bonds. The molecule has 0 bridgehead atoms. The lowest BCUT2D eigenvalue weighted by atomic mass is 9.97. The molecule has 1 N–H and O–H groups in total. The number of halogens is 3. The van der Waals surface area contributed by atoms with Crippen molar-refractivity contribution in [2.24, 2.45) is 10.9 Å². The number of nitrogens with one attached hydrogen (secondary N) is 1. The highest BCUT2D eigenvalue weighted by Gasteiger charge is 2.31. The molecule has 1 aromatic carbocycles. The van der Waals surface area contributed by atoms with Crippen molar-refractivity contribution in [1.29, 1.82) is 0 Å². The second kappa shape index (κ2) is 9.48. The van der Waals surface area contributed by atoms with Crippen LogP contribution in [0.3, 0.4) is 0 Å². The summed E-state index contributed by atoms with van der Waals surface area (Å²) in [6.45, 7) is 2.01. The number of hydrogen-bond acceptors (Lipinski definition) is 4. The Morgan fingerprint density at radius 3 is 2.41 bits per heavy atom. The van der Waals surface area contributed by atoms with Gasteiger partial charge >= 0.3 is 12.3 Å². The normalized spacial score (nSPS) is 16.2. The van der Waals surface area contributed by atoms with E-state index < -0.39 is 6.36 Å². The lowest BCUT2D eigenvalue weighted by Crippen LogP contribution is -2.47. The average molecular weight is 387 g/mol. The molecule has 6 nitrogen and oxygen atoms in total. The number of hydrogen-bond donors (Lipinski definition) is 1. The SMILES string of the molecule is CN=C(NCCc1ccc(OC(F)(F)F)cc1)N1CCC(C(=O)OC)CC1. The highest BCUT2D eigenvalue weighted by atomic mass is 19.4. The molecule has 1 fully saturated rings. The summed E-state index contributed by atoms with van der Waals surface area (Å²) >= 11 is 0. The molecular weight excluding hydrogens is 363 g/mol. The fraction of sp³-hybridized carbons (Fsp3) is 0.556. The van der Waals surface area contributed by atoms with Crippen LogP contribution in [0.25, 0.3) is 0 Å². The topological polar surface area (TPSA) is 63.2 Å². The van der Waals surface area contributed by atoms with Gasteiger partial charge in [-0.15, -0.1) is 13.2 Å². The highest BCUT2D eigenvalue weighted by molar-refractivity contribution is 5.80. The predicted molar refractivity (Wildman–Crippen MR) is 94.5 cm³/mol. The smallest absolute Gasteiger partial charge is 0.469 e. The maximum Gasteiger partial charge on any atom is 0.573 e. The molecule has 0 saturated carbocycles. The van der Waals surface area contributed by atoms with E-state index in [0.29, 0.717) is 38.9 Å². The third kappa shape index (κ3) is 6.65. The number of nitrogens with zero attached hydrogens (tertiary/aromatic N) is 2. The fourth-order valence-electron chi connectivity index (χ4n) is 3.00.